The first-order chi connectivity index (χ1) is 14.4. The Labute approximate surface area is 180 Å². The number of fused-ring (bicyclic) bond motifs is 1. The summed E-state index contributed by atoms with van der Waals surface area (Å²) in [5.74, 6) is 0.330. The molecule has 0 atom stereocenters. The third-order valence-corrected chi connectivity index (χ3v) is 4.99. The standard InChI is InChI=1S/C24H21N3O2S/c1-14-4-10-19(16(3)12-14)22(28)27-24(30)25-18-8-6-17(7-9-18)23-26-20-13-15(2)5-11-21(20)29-23/h4-13H,1-3H3,(H2,25,27,28,30). The number of anilines is 1. The molecule has 0 bridgehead atoms. The zero-order valence-corrected chi connectivity index (χ0v) is 17.8. The van der Waals surface area contributed by atoms with Crippen molar-refractivity contribution in [3.63, 3.8) is 0 Å². The van der Waals surface area contributed by atoms with E-state index in [-0.39, 0.29) is 11.0 Å². The largest absolute Gasteiger partial charge is 0.436 e. The third-order valence-electron chi connectivity index (χ3n) is 4.79. The topological polar surface area (TPSA) is 67.2 Å². The second-order valence-electron chi connectivity index (χ2n) is 7.29. The summed E-state index contributed by atoms with van der Waals surface area (Å²) in [6.07, 6.45) is 0. The first-order valence-corrected chi connectivity index (χ1v) is 9.97. The summed E-state index contributed by atoms with van der Waals surface area (Å²) in [6, 6.07) is 19.1. The fourth-order valence-corrected chi connectivity index (χ4v) is 3.47. The van der Waals surface area contributed by atoms with Crippen LogP contribution in [0.15, 0.2) is 65.1 Å². The lowest BCUT2D eigenvalue weighted by Gasteiger charge is -2.11. The Bertz CT molecular complexity index is 1260. The molecule has 4 rings (SSSR count). The molecule has 0 spiro atoms. The molecule has 0 saturated carbocycles. The monoisotopic (exact) mass is 415 g/mol. The molecular weight excluding hydrogens is 394 g/mol. The number of aryl methyl sites for hydroxylation is 3. The molecule has 0 unspecified atom stereocenters. The predicted octanol–water partition coefficient (Wildman–Crippen LogP) is 5.55. The summed E-state index contributed by atoms with van der Waals surface area (Å²) < 4.78 is 5.84. The summed E-state index contributed by atoms with van der Waals surface area (Å²) in [5, 5.41) is 6.00. The van der Waals surface area contributed by atoms with Crippen LogP contribution >= 0.6 is 12.2 Å². The SMILES string of the molecule is Cc1ccc(C(=O)NC(=S)Nc2ccc(-c3nc4cc(C)ccc4o3)cc2)c(C)c1. The number of benzene rings is 3. The number of nitrogens with zero attached hydrogens (tertiary/aromatic N) is 1. The minimum atomic E-state index is -0.233. The minimum Gasteiger partial charge on any atom is -0.436 e. The number of hydrogen-bond acceptors (Lipinski definition) is 4. The highest BCUT2D eigenvalue weighted by Gasteiger charge is 2.12. The van der Waals surface area contributed by atoms with Crippen molar-refractivity contribution >= 4 is 40.0 Å². The average Bonchev–Trinajstić information content (AvgIpc) is 3.11. The van der Waals surface area contributed by atoms with Gasteiger partial charge in [-0.1, -0.05) is 23.8 Å². The molecular formula is C24H21N3O2S. The number of nitrogens with one attached hydrogen (secondary N) is 2. The molecule has 5 nitrogen and oxygen atoms in total. The normalized spacial score (nSPS) is 10.8. The molecule has 2 N–H and O–H groups in total. The average molecular weight is 416 g/mol. The van der Waals surface area contributed by atoms with Gasteiger partial charge >= 0.3 is 0 Å². The van der Waals surface area contributed by atoms with Crippen molar-refractivity contribution in [1.29, 1.82) is 0 Å². The lowest BCUT2D eigenvalue weighted by molar-refractivity contribution is 0.0977. The summed E-state index contributed by atoms with van der Waals surface area (Å²) in [4.78, 5) is 17.0. The highest BCUT2D eigenvalue weighted by atomic mass is 32.1. The van der Waals surface area contributed by atoms with Crippen LogP contribution in [0.3, 0.4) is 0 Å². The van der Waals surface area contributed by atoms with E-state index in [9.17, 15) is 4.79 Å². The van der Waals surface area contributed by atoms with E-state index >= 15 is 0 Å². The van der Waals surface area contributed by atoms with E-state index in [1.54, 1.807) is 6.07 Å². The molecule has 0 aliphatic carbocycles. The van der Waals surface area contributed by atoms with Crippen LogP contribution in [0.4, 0.5) is 5.69 Å². The Balaban J connectivity index is 1.43. The number of carbonyl (C=O) groups excluding carboxylic acids is 1. The number of aromatic nitrogens is 1. The molecule has 1 amide bonds. The number of amides is 1. The Morgan fingerprint density at radius 1 is 0.933 bits per heavy atom. The molecule has 3 aromatic carbocycles. The highest BCUT2D eigenvalue weighted by Crippen LogP contribution is 2.26. The third kappa shape index (κ3) is 4.23. The van der Waals surface area contributed by atoms with Crippen molar-refractivity contribution in [2.24, 2.45) is 0 Å². The molecule has 150 valence electrons. The molecule has 1 aromatic heterocycles. The van der Waals surface area contributed by atoms with Crippen molar-refractivity contribution < 1.29 is 9.21 Å². The van der Waals surface area contributed by atoms with E-state index in [1.807, 2.05) is 75.4 Å². The summed E-state index contributed by atoms with van der Waals surface area (Å²) in [6.45, 7) is 5.92. The number of carbonyl (C=O) groups is 1. The number of rotatable bonds is 3. The summed E-state index contributed by atoms with van der Waals surface area (Å²) in [7, 11) is 0. The zero-order valence-electron chi connectivity index (χ0n) is 16.9. The molecule has 0 aliphatic rings. The van der Waals surface area contributed by atoms with E-state index in [0.717, 1.165) is 39.0 Å². The van der Waals surface area contributed by atoms with E-state index in [2.05, 4.69) is 15.6 Å². The van der Waals surface area contributed by atoms with Crippen LogP contribution in [0, 0.1) is 20.8 Å². The van der Waals surface area contributed by atoms with Crippen LogP contribution in [-0.2, 0) is 0 Å². The van der Waals surface area contributed by atoms with Crippen molar-refractivity contribution in [1.82, 2.24) is 10.3 Å². The second-order valence-corrected chi connectivity index (χ2v) is 7.70. The number of thiocarbonyl (C=S) groups is 1. The Morgan fingerprint density at radius 3 is 2.37 bits per heavy atom. The molecule has 4 aromatic rings. The van der Waals surface area contributed by atoms with Gasteiger partial charge in [0.2, 0.25) is 5.89 Å². The van der Waals surface area contributed by atoms with E-state index in [4.69, 9.17) is 16.6 Å². The van der Waals surface area contributed by atoms with Gasteiger partial charge in [0, 0.05) is 16.8 Å². The van der Waals surface area contributed by atoms with Gasteiger partial charge in [-0.2, -0.15) is 0 Å². The summed E-state index contributed by atoms with van der Waals surface area (Å²) >= 11 is 5.29. The van der Waals surface area contributed by atoms with Gasteiger partial charge in [0.25, 0.3) is 5.91 Å². The lowest BCUT2D eigenvalue weighted by atomic mass is 10.1. The van der Waals surface area contributed by atoms with Crippen LogP contribution in [-0.4, -0.2) is 16.0 Å². The van der Waals surface area contributed by atoms with Crippen molar-refractivity contribution in [3.8, 4) is 11.5 Å². The quantitative estimate of drug-likeness (QED) is 0.430. The van der Waals surface area contributed by atoms with Gasteiger partial charge < -0.3 is 9.73 Å². The lowest BCUT2D eigenvalue weighted by Crippen LogP contribution is -2.34. The summed E-state index contributed by atoms with van der Waals surface area (Å²) in [5.41, 5.74) is 6.98. The van der Waals surface area contributed by atoms with Crippen LogP contribution < -0.4 is 10.6 Å². The van der Waals surface area contributed by atoms with Crippen LogP contribution in [0.5, 0.6) is 0 Å². The van der Waals surface area contributed by atoms with Gasteiger partial charge in [0.1, 0.15) is 5.52 Å². The Morgan fingerprint density at radius 2 is 1.63 bits per heavy atom. The van der Waals surface area contributed by atoms with Gasteiger partial charge in [0.15, 0.2) is 10.7 Å². The van der Waals surface area contributed by atoms with Gasteiger partial charge in [-0.15, -0.1) is 0 Å². The maximum Gasteiger partial charge on any atom is 0.257 e. The van der Waals surface area contributed by atoms with Gasteiger partial charge in [-0.3, -0.25) is 10.1 Å². The van der Waals surface area contributed by atoms with E-state index in [1.165, 1.54) is 0 Å². The van der Waals surface area contributed by atoms with Crippen LogP contribution in [0.25, 0.3) is 22.6 Å². The highest BCUT2D eigenvalue weighted by molar-refractivity contribution is 7.80. The van der Waals surface area contributed by atoms with Crippen LogP contribution in [0.2, 0.25) is 0 Å². The first kappa shape index (κ1) is 19.8. The zero-order chi connectivity index (χ0) is 21.3. The molecule has 0 fully saturated rings. The second kappa shape index (κ2) is 8.08. The van der Waals surface area contributed by atoms with Crippen molar-refractivity contribution in [2.75, 3.05) is 5.32 Å². The van der Waals surface area contributed by atoms with Crippen molar-refractivity contribution in [2.45, 2.75) is 20.8 Å². The van der Waals surface area contributed by atoms with Gasteiger partial charge in [-0.05, 0) is 86.6 Å². The van der Waals surface area contributed by atoms with Crippen LogP contribution in [0.1, 0.15) is 27.0 Å². The van der Waals surface area contributed by atoms with Gasteiger partial charge in [-0.25, -0.2) is 4.98 Å². The smallest absolute Gasteiger partial charge is 0.257 e. The van der Waals surface area contributed by atoms with E-state index in [0.29, 0.717) is 11.5 Å². The molecule has 6 heteroatoms. The molecule has 0 aliphatic heterocycles. The molecule has 0 saturated heterocycles. The fraction of sp³-hybridized carbons (Fsp3) is 0.125. The fourth-order valence-electron chi connectivity index (χ4n) is 3.26. The molecule has 1 heterocycles. The maximum absolute atomic E-state index is 12.5. The van der Waals surface area contributed by atoms with Gasteiger partial charge in [0.05, 0.1) is 0 Å². The van der Waals surface area contributed by atoms with Crippen molar-refractivity contribution in [3.05, 3.63) is 82.9 Å². The van der Waals surface area contributed by atoms with E-state index < -0.39 is 0 Å². The predicted molar refractivity (Wildman–Crippen MR) is 124 cm³/mol. The minimum absolute atomic E-state index is 0.233. The maximum atomic E-state index is 12.5. The molecule has 0 radical (unpaired) electrons. The molecule has 30 heavy (non-hydrogen) atoms. The number of hydrogen-bond donors (Lipinski definition) is 2. The first-order valence-electron chi connectivity index (χ1n) is 9.56. The number of oxazole rings is 1. The Hall–Kier alpha value is -3.51. The Kier molecular flexibility index (Phi) is 5.33.